The molecule has 108 valence electrons. The molecule has 1 heterocycles. The highest BCUT2D eigenvalue weighted by molar-refractivity contribution is 6.34. The average Bonchev–Trinajstić information content (AvgIpc) is 2.43. The maximum absolute atomic E-state index is 12.1. The van der Waals surface area contributed by atoms with E-state index in [1.165, 1.54) is 6.20 Å². The lowest BCUT2D eigenvalue weighted by molar-refractivity contribution is -0.384. The van der Waals surface area contributed by atoms with Crippen LogP contribution in [0.15, 0.2) is 30.5 Å². The first-order chi connectivity index (χ1) is 9.88. The molecule has 0 spiro atoms. The molecule has 0 saturated carbocycles. The summed E-state index contributed by atoms with van der Waals surface area (Å²) in [5.74, 6) is -0.594. The number of nitrogens with two attached hydrogens (primary N) is 1. The van der Waals surface area contributed by atoms with Gasteiger partial charge in [0.05, 0.1) is 33.1 Å². The second-order valence-corrected chi connectivity index (χ2v) is 4.70. The molecule has 1 aromatic heterocycles. The number of carbonyl (C=O) groups is 1. The zero-order valence-corrected chi connectivity index (χ0v) is 11.7. The third kappa shape index (κ3) is 3.26. The Bertz CT molecular complexity index is 716. The number of nitro benzene ring substituents is 1. The summed E-state index contributed by atoms with van der Waals surface area (Å²) < 4.78 is 0. The smallest absolute Gasteiger partial charge is 0.271 e. The van der Waals surface area contributed by atoms with E-state index in [9.17, 15) is 14.9 Å². The van der Waals surface area contributed by atoms with E-state index >= 15 is 0 Å². The molecule has 0 radical (unpaired) electrons. The van der Waals surface area contributed by atoms with Gasteiger partial charge in [-0.3, -0.25) is 19.9 Å². The molecule has 0 aliphatic carbocycles. The van der Waals surface area contributed by atoms with Crippen LogP contribution >= 0.6 is 11.6 Å². The number of aryl methyl sites for hydroxylation is 1. The molecule has 0 bridgehead atoms. The van der Waals surface area contributed by atoms with Crippen LogP contribution in [0, 0.1) is 17.0 Å². The maximum atomic E-state index is 12.1. The minimum absolute atomic E-state index is 0.0140. The summed E-state index contributed by atoms with van der Waals surface area (Å²) in [5.41, 5.74) is 6.57. The third-order valence-electron chi connectivity index (χ3n) is 2.74. The van der Waals surface area contributed by atoms with Gasteiger partial charge in [-0.25, -0.2) is 0 Å². The molecule has 0 atom stereocenters. The molecular formula is C13H11ClN4O3. The minimum Gasteiger partial charge on any atom is -0.397 e. The number of pyridine rings is 1. The van der Waals surface area contributed by atoms with E-state index in [2.05, 4.69) is 10.3 Å². The van der Waals surface area contributed by atoms with Crippen LogP contribution in [0.1, 0.15) is 16.1 Å². The summed E-state index contributed by atoms with van der Waals surface area (Å²) in [5, 5.41) is 13.3. The highest BCUT2D eigenvalue weighted by Gasteiger charge is 2.19. The summed E-state index contributed by atoms with van der Waals surface area (Å²) >= 11 is 5.81. The number of rotatable bonds is 3. The fraction of sp³-hybridized carbons (Fsp3) is 0.0769. The molecule has 3 N–H and O–H groups in total. The van der Waals surface area contributed by atoms with Gasteiger partial charge in [-0.05, 0) is 19.1 Å². The Labute approximate surface area is 124 Å². The van der Waals surface area contributed by atoms with E-state index in [0.29, 0.717) is 5.69 Å². The lowest BCUT2D eigenvalue weighted by atomic mass is 10.1. The Morgan fingerprint density at radius 1 is 1.43 bits per heavy atom. The maximum Gasteiger partial charge on any atom is 0.271 e. The Kier molecular flexibility index (Phi) is 4.04. The number of halogens is 1. The first kappa shape index (κ1) is 14.7. The van der Waals surface area contributed by atoms with Crippen molar-refractivity contribution in [1.82, 2.24) is 4.98 Å². The summed E-state index contributed by atoms with van der Waals surface area (Å²) in [4.78, 5) is 26.3. The van der Waals surface area contributed by atoms with Crippen molar-refractivity contribution in [3.05, 3.63) is 56.9 Å². The molecule has 0 aliphatic rings. The predicted molar refractivity (Wildman–Crippen MR) is 79.4 cm³/mol. The number of non-ortho nitro benzene ring substituents is 1. The number of nitrogens with zero attached hydrogens (tertiary/aromatic N) is 2. The van der Waals surface area contributed by atoms with Gasteiger partial charge in [0.2, 0.25) is 0 Å². The lowest BCUT2D eigenvalue weighted by Gasteiger charge is -2.08. The number of nitrogens with one attached hydrogen (secondary N) is 1. The summed E-state index contributed by atoms with van der Waals surface area (Å²) in [6.45, 7) is 1.81. The molecule has 8 heteroatoms. The standard InChI is InChI=1S/C13H11ClN4O3/c1-7-2-3-8(6-16-7)17-13(19)10-4-9(18(20)21)5-11(14)12(10)15/h2-6H,15H2,1H3,(H,17,19). The zero-order valence-electron chi connectivity index (χ0n) is 11.0. The summed E-state index contributed by atoms with van der Waals surface area (Å²) in [7, 11) is 0. The second-order valence-electron chi connectivity index (χ2n) is 4.29. The molecular weight excluding hydrogens is 296 g/mol. The highest BCUT2D eigenvalue weighted by Crippen LogP contribution is 2.29. The highest BCUT2D eigenvalue weighted by atomic mass is 35.5. The van der Waals surface area contributed by atoms with Gasteiger partial charge in [-0.15, -0.1) is 0 Å². The normalized spacial score (nSPS) is 10.2. The Balaban J connectivity index is 2.34. The van der Waals surface area contributed by atoms with Crippen LogP contribution in [-0.4, -0.2) is 15.8 Å². The largest absolute Gasteiger partial charge is 0.397 e. The first-order valence-electron chi connectivity index (χ1n) is 5.86. The predicted octanol–water partition coefficient (Wildman–Crippen LogP) is 2.79. The van der Waals surface area contributed by atoms with E-state index in [0.717, 1.165) is 17.8 Å². The number of nitro groups is 1. The lowest BCUT2D eigenvalue weighted by Crippen LogP contribution is -2.15. The fourth-order valence-electron chi connectivity index (χ4n) is 1.64. The quantitative estimate of drug-likeness (QED) is 0.514. The number of aromatic nitrogens is 1. The molecule has 1 amide bonds. The molecule has 7 nitrogen and oxygen atoms in total. The van der Waals surface area contributed by atoms with Crippen molar-refractivity contribution in [2.45, 2.75) is 6.92 Å². The molecule has 0 aliphatic heterocycles. The van der Waals surface area contributed by atoms with Gasteiger partial charge in [0.15, 0.2) is 0 Å². The van der Waals surface area contributed by atoms with Crippen molar-refractivity contribution < 1.29 is 9.72 Å². The zero-order chi connectivity index (χ0) is 15.6. The van der Waals surface area contributed by atoms with E-state index < -0.39 is 10.8 Å². The Morgan fingerprint density at radius 2 is 2.14 bits per heavy atom. The van der Waals surface area contributed by atoms with Crippen LogP contribution in [-0.2, 0) is 0 Å². The number of hydrogen-bond acceptors (Lipinski definition) is 5. The number of nitrogen functional groups attached to an aromatic ring is 1. The number of benzene rings is 1. The van der Waals surface area contributed by atoms with Gasteiger partial charge >= 0.3 is 0 Å². The van der Waals surface area contributed by atoms with Gasteiger partial charge in [0.1, 0.15) is 0 Å². The van der Waals surface area contributed by atoms with Gasteiger partial charge in [-0.1, -0.05) is 11.6 Å². The molecule has 0 fully saturated rings. The monoisotopic (exact) mass is 306 g/mol. The van der Waals surface area contributed by atoms with Crippen LogP contribution in [0.4, 0.5) is 17.1 Å². The summed E-state index contributed by atoms with van der Waals surface area (Å²) in [6, 6.07) is 5.56. The number of carbonyl (C=O) groups excluding carboxylic acids is 1. The van der Waals surface area contributed by atoms with E-state index in [1.54, 1.807) is 12.1 Å². The number of anilines is 2. The van der Waals surface area contributed by atoms with Gasteiger partial charge in [0.25, 0.3) is 11.6 Å². The van der Waals surface area contributed by atoms with Crippen LogP contribution in [0.2, 0.25) is 5.02 Å². The van der Waals surface area contributed by atoms with Crippen molar-refractivity contribution in [3.63, 3.8) is 0 Å². The molecule has 21 heavy (non-hydrogen) atoms. The molecule has 2 rings (SSSR count). The van der Waals surface area contributed by atoms with Crippen molar-refractivity contribution >= 4 is 34.6 Å². The number of amides is 1. The van der Waals surface area contributed by atoms with Crippen molar-refractivity contribution in [2.75, 3.05) is 11.1 Å². The molecule has 0 unspecified atom stereocenters. The van der Waals surface area contributed by atoms with Crippen molar-refractivity contribution in [3.8, 4) is 0 Å². The molecule has 1 aromatic carbocycles. The van der Waals surface area contributed by atoms with Crippen LogP contribution in [0.3, 0.4) is 0 Å². The van der Waals surface area contributed by atoms with Crippen LogP contribution < -0.4 is 11.1 Å². The molecule has 0 saturated heterocycles. The third-order valence-corrected chi connectivity index (χ3v) is 3.05. The van der Waals surface area contributed by atoms with E-state index in [4.69, 9.17) is 17.3 Å². The topological polar surface area (TPSA) is 111 Å². The van der Waals surface area contributed by atoms with Crippen LogP contribution in [0.5, 0.6) is 0 Å². The first-order valence-corrected chi connectivity index (χ1v) is 6.23. The molecule has 2 aromatic rings. The van der Waals surface area contributed by atoms with Gasteiger partial charge in [-0.2, -0.15) is 0 Å². The van der Waals surface area contributed by atoms with Gasteiger partial charge < -0.3 is 11.1 Å². The van der Waals surface area contributed by atoms with E-state index in [-0.39, 0.29) is 22.0 Å². The Morgan fingerprint density at radius 3 is 2.71 bits per heavy atom. The van der Waals surface area contributed by atoms with Crippen LogP contribution in [0.25, 0.3) is 0 Å². The van der Waals surface area contributed by atoms with Gasteiger partial charge in [0, 0.05) is 17.8 Å². The van der Waals surface area contributed by atoms with Crippen molar-refractivity contribution in [2.24, 2.45) is 0 Å². The number of hydrogen-bond donors (Lipinski definition) is 2. The fourth-order valence-corrected chi connectivity index (χ4v) is 1.85. The summed E-state index contributed by atoms with van der Waals surface area (Å²) in [6.07, 6.45) is 1.47. The second kappa shape index (κ2) is 5.76. The minimum atomic E-state index is -0.643. The SMILES string of the molecule is Cc1ccc(NC(=O)c2cc([N+](=O)[O-])cc(Cl)c2N)cn1. The van der Waals surface area contributed by atoms with Crippen molar-refractivity contribution in [1.29, 1.82) is 0 Å². The Hall–Kier alpha value is -2.67. The van der Waals surface area contributed by atoms with E-state index in [1.807, 2.05) is 6.92 Å². The average molecular weight is 307 g/mol.